The van der Waals surface area contributed by atoms with Crippen LogP contribution >= 0.6 is 23.5 Å². The van der Waals surface area contributed by atoms with E-state index < -0.39 is 0 Å². The lowest BCUT2D eigenvalue weighted by atomic mass is 10.2. The number of hydrazine groups is 1. The summed E-state index contributed by atoms with van der Waals surface area (Å²) in [5, 5.41) is 4.02. The molecule has 0 aliphatic heterocycles. The fraction of sp³-hybridized carbons (Fsp3) is 0.636. The van der Waals surface area contributed by atoms with Gasteiger partial charge in [-0.3, -0.25) is 0 Å². The number of aromatic nitrogens is 2. The number of rotatable bonds is 9. The molecule has 0 aliphatic rings. The number of nitrogens with zero attached hydrogens (tertiary/aromatic N) is 2. The fourth-order valence-electron chi connectivity index (χ4n) is 1.45. The number of nitrogens with two attached hydrogens (primary N) is 1. The van der Waals surface area contributed by atoms with Crippen molar-refractivity contribution in [3.05, 3.63) is 6.07 Å². The van der Waals surface area contributed by atoms with Gasteiger partial charge in [0.25, 0.3) is 0 Å². The largest absolute Gasteiger partial charge is 0.370 e. The van der Waals surface area contributed by atoms with E-state index in [1.807, 2.05) is 24.1 Å². The number of nitrogen functional groups attached to an aromatic ring is 1. The van der Waals surface area contributed by atoms with Gasteiger partial charge in [-0.15, -0.1) is 0 Å². The predicted octanol–water partition coefficient (Wildman–Crippen LogP) is 2.43. The van der Waals surface area contributed by atoms with Gasteiger partial charge in [-0.1, -0.05) is 18.2 Å². The van der Waals surface area contributed by atoms with Gasteiger partial charge >= 0.3 is 0 Å². The first-order valence-corrected chi connectivity index (χ1v) is 8.54. The summed E-state index contributed by atoms with van der Waals surface area (Å²) in [5.41, 5.74) is 2.55. The molecule has 7 heteroatoms. The first-order valence-electron chi connectivity index (χ1n) is 5.92. The average molecular weight is 287 g/mol. The SMILES string of the molecule is CSCCCCCNc1cc(NN)nc(SC)n1. The van der Waals surface area contributed by atoms with Gasteiger partial charge in [0.2, 0.25) is 0 Å². The van der Waals surface area contributed by atoms with Crippen LogP contribution in [0.15, 0.2) is 11.2 Å². The maximum absolute atomic E-state index is 5.37. The van der Waals surface area contributed by atoms with Crippen LogP contribution in [0.2, 0.25) is 0 Å². The number of anilines is 2. The van der Waals surface area contributed by atoms with Crippen molar-refractivity contribution in [1.29, 1.82) is 0 Å². The molecule has 1 aromatic heterocycles. The van der Waals surface area contributed by atoms with Crippen LogP contribution in [0.4, 0.5) is 11.6 Å². The van der Waals surface area contributed by atoms with Gasteiger partial charge in [-0.25, -0.2) is 15.8 Å². The molecule has 0 saturated heterocycles. The standard InChI is InChI=1S/C11H21N5S2/c1-17-7-5-3-4-6-13-9-8-10(16-12)15-11(14-9)18-2/h8H,3-7,12H2,1-2H3,(H2,13,14,15,16). The molecule has 0 fully saturated rings. The molecule has 5 nitrogen and oxygen atoms in total. The third-order valence-corrected chi connectivity index (χ3v) is 3.61. The van der Waals surface area contributed by atoms with E-state index in [9.17, 15) is 0 Å². The van der Waals surface area contributed by atoms with E-state index in [0.717, 1.165) is 23.9 Å². The first-order chi connectivity index (χ1) is 8.80. The molecule has 0 bridgehead atoms. The first kappa shape index (κ1) is 15.4. The molecule has 0 amide bonds. The third-order valence-electron chi connectivity index (χ3n) is 2.37. The normalized spacial score (nSPS) is 10.4. The number of hydrogen-bond acceptors (Lipinski definition) is 7. The highest BCUT2D eigenvalue weighted by atomic mass is 32.2. The Kier molecular flexibility index (Phi) is 7.95. The zero-order chi connectivity index (χ0) is 13.2. The summed E-state index contributed by atoms with van der Waals surface area (Å²) in [4.78, 5) is 8.59. The highest BCUT2D eigenvalue weighted by molar-refractivity contribution is 7.98. The van der Waals surface area contributed by atoms with E-state index >= 15 is 0 Å². The predicted molar refractivity (Wildman–Crippen MR) is 82.3 cm³/mol. The minimum absolute atomic E-state index is 0.638. The van der Waals surface area contributed by atoms with Gasteiger partial charge in [-0.2, -0.15) is 11.8 Å². The Balaban J connectivity index is 2.36. The Morgan fingerprint density at radius 3 is 2.61 bits per heavy atom. The highest BCUT2D eigenvalue weighted by Crippen LogP contribution is 2.16. The Morgan fingerprint density at radius 1 is 1.17 bits per heavy atom. The fourth-order valence-corrected chi connectivity index (χ4v) is 2.32. The molecule has 1 heterocycles. The molecule has 0 atom stereocenters. The van der Waals surface area contributed by atoms with Gasteiger partial charge in [0.05, 0.1) is 0 Å². The van der Waals surface area contributed by atoms with Gasteiger partial charge in [0, 0.05) is 12.6 Å². The summed E-state index contributed by atoms with van der Waals surface area (Å²) >= 11 is 3.40. The van der Waals surface area contributed by atoms with Crippen LogP contribution < -0.4 is 16.6 Å². The summed E-state index contributed by atoms with van der Waals surface area (Å²) in [7, 11) is 0. The summed E-state index contributed by atoms with van der Waals surface area (Å²) in [6, 6.07) is 1.82. The van der Waals surface area contributed by atoms with E-state index in [2.05, 4.69) is 27.0 Å². The molecule has 1 aromatic rings. The summed E-state index contributed by atoms with van der Waals surface area (Å²) in [6.07, 6.45) is 7.77. The second-order valence-corrected chi connectivity index (χ2v) is 5.51. The lowest BCUT2D eigenvalue weighted by molar-refractivity contribution is 0.747. The quantitative estimate of drug-likeness (QED) is 0.212. The minimum Gasteiger partial charge on any atom is -0.370 e. The van der Waals surface area contributed by atoms with Crippen LogP contribution in [-0.2, 0) is 0 Å². The molecule has 0 spiro atoms. The molecule has 0 unspecified atom stereocenters. The average Bonchev–Trinajstić information content (AvgIpc) is 2.42. The van der Waals surface area contributed by atoms with Crippen LogP contribution in [0.25, 0.3) is 0 Å². The molecule has 1 rings (SSSR count). The molecule has 102 valence electrons. The summed E-state index contributed by atoms with van der Waals surface area (Å²) in [6.45, 7) is 0.934. The van der Waals surface area contributed by atoms with Crippen molar-refractivity contribution < 1.29 is 0 Å². The van der Waals surface area contributed by atoms with Crippen LogP contribution in [0, 0.1) is 0 Å². The Morgan fingerprint density at radius 2 is 1.94 bits per heavy atom. The van der Waals surface area contributed by atoms with Crippen molar-refractivity contribution in [3.63, 3.8) is 0 Å². The molecule has 0 aromatic carbocycles. The van der Waals surface area contributed by atoms with Crippen molar-refractivity contribution in [2.75, 3.05) is 35.6 Å². The van der Waals surface area contributed by atoms with Gasteiger partial charge in [0.1, 0.15) is 11.6 Å². The van der Waals surface area contributed by atoms with E-state index in [4.69, 9.17) is 5.84 Å². The maximum Gasteiger partial charge on any atom is 0.191 e. The number of hydrogen-bond donors (Lipinski definition) is 3. The van der Waals surface area contributed by atoms with Crippen LogP contribution in [0.5, 0.6) is 0 Å². The molecular formula is C11H21N5S2. The minimum atomic E-state index is 0.638. The Labute approximate surface area is 117 Å². The second kappa shape index (κ2) is 9.29. The third kappa shape index (κ3) is 5.79. The van der Waals surface area contributed by atoms with Crippen LogP contribution in [-0.4, -0.2) is 34.8 Å². The van der Waals surface area contributed by atoms with Crippen molar-refractivity contribution in [3.8, 4) is 0 Å². The zero-order valence-electron chi connectivity index (χ0n) is 10.9. The lowest BCUT2D eigenvalue weighted by Crippen LogP contribution is -2.11. The Bertz CT molecular complexity index is 326. The Hall–Kier alpha value is -0.660. The van der Waals surface area contributed by atoms with Gasteiger partial charge in [0.15, 0.2) is 5.16 Å². The maximum atomic E-state index is 5.37. The summed E-state index contributed by atoms with van der Waals surface area (Å²) < 4.78 is 0. The lowest BCUT2D eigenvalue weighted by Gasteiger charge is -2.08. The van der Waals surface area contributed by atoms with Gasteiger partial charge in [-0.05, 0) is 31.1 Å². The van der Waals surface area contributed by atoms with Crippen molar-refractivity contribution in [2.24, 2.45) is 5.84 Å². The second-order valence-electron chi connectivity index (χ2n) is 3.75. The monoisotopic (exact) mass is 287 g/mol. The van der Waals surface area contributed by atoms with E-state index in [1.54, 1.807) is 0 Å². The smallest absolute Gasteiger partial charge is 0.191 e. The summed E-state index contributed by atoms with van der Waals surface area (Å²) in [5.74, 6) is 8.08. The van der Waals surface area contributed by atoms with Crippen molar-refractivity contribution >= 4 is 35.2 Å². The van der Waals surface area contributed by atoms with Crippen LogP contribution in [0.1, 0.15) is 19.3 Å². The molecule has 0 radical (unpaired) electrons. The van der Waals surface area contributed by atoms with E-state index in [-0.39, 0.29) is 0 Å². The molecule has 4 N–H and O–H groups in total. The molecular weight excluding hydrogens is 266 g/mol. The van der Waals surface area contributed by atoms with Gasteiger partial charge < -0.3 is 10.7 Å². The number of unbranched alkanes of at least 4 members (excludes halogenated alkanes) is 2. The topological polar surface area (TPSA) is 75.9 Å². The van der Waals surface area contributed by atoms with Crippen molar-refractivity contribution in [1.82, 2.24) is 9.97 Å². The van der Waals surface area contributed by atoms with Crippen molar-refractivity contribution in [2.45, 2.75) is 24.4 Å². The molecule has 18 heavy (non-hydrogen) atoms. The molecule has 0 aliphatic carbocycles. The van der Waals surface area contributed by atoms with Crippen LogP contribution in [0.3, 0.4) is 0 Å². The van der Waals surface area contributed by atoms with E-state index in [1.165, 1.54) is 30.4 Å². The van der Waals surface area contributed by atoms with E-state index in [0.29, 0.717) is 5.82 Å². The zero-order valence-corrected chi connectivity index (χ0v) is 12.5. The number of thioether (sulfide) groups is 2. The number of nitrogens with one attached hydrogen (secondary N) is 2. The highest BCUT2D eigenvalue weighted by Gasteiger charge is 2.02. The molecule has 0 saturated carbocycles.